The van der Waals surface area contributed by atoms with Gasteiger partial charge in [-0.1, -0.05) is 0 Å². The van der Waals surface area contributed by atoms with Crippen molar-refractivity contribution in [2.45, 2.75) is 6.54 Å². The quantitative estimate of drug-likeness (QED) is 0.890. The highest BCUT2D eigenvalue weighted by Gasteiger charge is 2.15. The Hall–Kier alpha value is -2.67. The second-order valence-corrected chi connectivity index (χ2v) is 5.33. The Morgan fingerprint density at radius 1 is 1.29 bits per heavy atom. The Morgan fingerprint density at radius 2 is 2.12 bits per heavy atom. The first kappa shape index (κ1) is 16.2. The van der Waals surface area contributed by atoms with E-state index in [0.717, 1.165) is 18.8 Å². The van der Waals surface area contributed by atoms with E-state index in [1.807, 2.05) is 12.1 Å². The minimum absolute atomic E-state index is 0.238. The fraction of sp³-hybridized carbons (Fsp3) is 0.353. The first-order valence-corrected chi connectivity index (χ1v) is 7.83. The lowest BCUT2D eigenvalue weighted by atomic mass is 10.2. The van der Waals surface area contributed by atoms with Gasteiger partial charge in [-0.2, -0.15) is 0 Å². The molecule has 1 amide bonds. The molecule has 0 aliphatic carbocycles. The number of rotatable bonds is 5. The van der Waals surface area contributed by atoms with Gasteiger partial charge in [0.15, 0.2) is 0 Å². The van der Waals surface area contributed by atoms with Crippen molar-refractivity contribution in [1.29, 1.82) is 0 Å². The highest BCUT2D eigenvalue weighted by Crippen LogP contribution is 2.17. The summed E-state index contributed by atoms with van der Waals surface area (Å²) < 4.78 is 10.6. The molecular weight excluding hydrogens is 308 g/mol. The number of ether oxygens (including phenoxy) is 2. The first-order chi connectivity index (χ1) is 11.8. The van der Waals surface area contributed by atoms with Crippen molar-refractivity contribution in [3.8, 4) is 5.75 Å². The van der Waals surface area contributed by atoms with Gasteiger partial charge in [-0.3, -0.25) is 14.8 Å². The molecule has 24 heavy (non-hydrogen) atoms. The zero-order chi connectivity index (χ0) is 16.8. The number of hydrogen-bond acceptors (Lipinski definition) is 6. The number of methoxy groups -OCH3 is 1. The van der Waals surface area contributed by atoms with Crippen molar-refractivity contribution in [2.75, 3.05) is 38.3 Å². The average Bonchev–Trinajstić information content (AvgIpc) is 2.67. The van der Waals surface area contributed by atoms with E-state index in [2.05, 4.69) is 20.2 Å². The molecule has 1 aliphatic heterocycles. The number of nitrogens with zero attached hydrogens (tertiary/aromatic N) is 3. The average molecular weight is 328 g/mol. The minimum atomic E-state index is -0.238. The van der Waals surface area contributed by atoms with Crippen LogP contribution in [-0.4, -0.2) is 49.3 Å². The molecule has 0 bridgehead atoms. The van der Waals surface area contributed by atoms with E-state index in [-0.39, 0.29) is 12.5 Å². The van der Waals surface area contributed by atoms with Crippen LogP contribution in [0.3, 0.4) is 0 Å². The maximum atomic E-state index is 12.4. The number of hydrogen-bond donors (Lipinski definition) is 1. The maximum Gasteiger partial charge on any atom is 0.270 e. The van der Waals surface area contributed by atoms with Crippen LogP contribution in [0.15, 0.2) is 36.7 Å². The van der Waals surface area contributed by atoms with Crippen LogP contribution in [0, 0.1) is 0 Å². The lowest BCUT2D eigenvalue weighted by Crippen LogP contribution is -2.36. The Bertz CT molecular complexity index is 702. The fourth-order valence-electron chi connectivity index (χ4n) is 2.56. The van der Waals surface area contributed by atoms with Crippen molar-refractivity contribution in [2.24, 2.45) is 0 Å². The second-order valence-electron chi connectivity index (χ2n) is 5.33. The molecular formula is C17H20N4O3. The van der Waals surface area contributed by atoms with Gasteiger partial charge in [0, 0.05) is 31.2 Å². The normalized spacial score (nSPS) is 14.3. The van der Waals surface area contributed by atoms with Crippen LogP contribution < -0.4 is 15.0 Å². The van der Waals surface area contributed by atoms with Gasteiger partial charge in [-0.05, 0) is 24.3 Å². The summed E-state index contributed by atoms with van der Waals surface area (Å²) in [6.07, 6.45) is 3.32. The third-order valence-corrected chi connectivity index (χ3v) is 3.84. The number of pyridine rings is 2. The van der Waals surface area contributed by atoms with E-state index >= 15 is 0 Å². The number of carbonyl (C=O) groups excluding carboxylic acids is 1. The number of carbonyl (C=O) groups is 1. The van der Waals surface area contributed by atoms with Gasteiger partial charge in [0.05, 0.1) is 26.9 Å². The Morgan fingerprint density at radius 3 is 2.92 bits per heavy atom. The standard InChI is InChI=1S/C17H20N4O3/c1-23-16-3-2-5-18-15(16)12-20-17(22)14-11-13(4-6-19-14)21-7-9-24-10-8-21/h2-6,11H,7-10,12H2,1H3,(H,20,22). The van der Waals surface area contributed by atoms with Gasteiger partial charge in [0.25, 0.3) is 5.91 Å². The third kappa shape index (κ3) is 3.80. The molecule has 1 aliphatic rings. The Kier molecular flexibility index (Phi) is 5.22. The zero-order valence-electron chi connectivity index (χ0n) is 13.6. The van der Waals surface area contributed by atoms with E-state index in [0.29, 0.717) is 30.4 Å². The van der Waals surface area contributed by atoms with Crippen molar-refractivity contribution in [1.82, 2.24) is 15.3 Å². The molecule has 7 nitrogen and oxygen atoms in total. The van der Waals surface area contributed by atoms with Gasteiger partial charge in [0.2, 0.25) is 0 Å². The highest BCUT2D eigenvalue weighted by atomic mass is 16.5. The highest BCUT2D eigenvalue weighted by molar-refractivity contribution is 5.93. The molecule has 1 saturated heterocycles. The predicted octanol–water partition coefficient (Wildman–Crippen LogP) is 1.25. The molecule has 3 heterocycles. The molecule has 2 aromatic heterocycles. The third-order valence-electron chi connectivity index (χ3n) is 3.84. The zero-order valence-corrected chi connectivity index (χ0v) is 13.6. The van der Waals surface area contributed by atoms with Gasteiger partial charge in [-0.25, -0.2) is 0 Å². The predicted molar refractivity (Wildman–Crippen MR) is 89.2 cm³/mol. The van der Waals surface area contributed by atoms with Crippen LogP contribution in [0.2, 0.25) is 0 Å². The topological polar surface area (TPSA) is 76.6 Å². The summed E-state index contributed by atoms with van der Waals surface area (Å²) in [6.45, 7) is 3.31. The number of amides is 1. The van der Waals surface area contributed by atoms with Gasteiger partial charge < -0.3 is 19.7 Å². The van der Waals surface area contributed by atoms with E-state index in [4.69, 9.17) is 9.47 Å². The molecule has 7 heteroatoms. The monoisotopic (exact) mass is 328 g/mol. The van der Waals surface area contributed by atoms with E-state index in [1.54, 1.807) is 31.6 Å². The molecule has 1 N–H and O–H groups in total. The van der Waals surface area contributed by atoms with Crippen LogP contribution in [-0.2, 0) is 11.3 Å². The van der Waals surface area contributed by atoms with Gasteiger partial charge in [-0.15, -0.1) is 0 Å². The van der Waals surface area contributed by atoms with Crippen LogP contribution in [0.1, 0.15) is 16.2 Å². The molecule has 0 spiro atoms. The lowest BCUT2D eigenvalue weighted by molar-refractivity contribution is 0.0945. The van der Waals surface area contributed by atoms with Crippen molar-refractivity contribution < 1.29 is 14.3 Å². The second kappa shape index (κ2) is 7.74. The lowest BCUT2D eigenvalue weighted by Gasteiger charge is -2.28. The van der Waals surface area contributed by atoms with E-state index in [1.165, 1.54) is 0 Å². The first-order valence-electron chi connectivity index (χ1n) is 7.83. The summed E-state index contributed by atoms with van der Waals surface area (Å²) in [5, 5.41) is 2.83. The Balaban J connectivity index is 1.66. The number of nitrogens with one attached hydrogen (secondary N) is 1. The summed E-state index contributed by atoms with van der Waals surface area (Å²) in [6, 6.07) is 7.31. The SMILES string of the molecule is COc1cccnc1CNC(=O)c1cc(N2CCOCC2)ccn1. The van der Waals surface area contributed by atoms with Crippen LogP contribution >= 0.6 is 0 Å². The summed E-state index contributed by atoms with van der Waals surface area (Å²) in [4.78, 5) is 22.9. The van der Waals surface area contributed by atoms with Crippen LogP contribution in [0.5, 0.6) is 5.75 Å². The number of aromatic nitrogens is 2. The molecule has 0 saturated carbocycles. The molecule has 1 fully saturated rings. The van der Waals surface area contributed by atoms with Crippen molar-refractivity contribution >= 4 is 11.6 Å². The van der Waals surface area contributed by atoms with Gasteiger partial charge >= 0.3 is 0 Å². The van der Waals surface area contributed by atoms with Gasteiger partial charge in [0.1, 0.15) is 17.1 Å². The van der Waals surface area contributed by atoms with Crippen molar-refractivity contribution in [3.63, 3.8) is 0 Å². The van der Waals surface area contributed by atoms with E-state index < -0.39 is 0 Å². The molecule has 0 atom stereocenters. The minimum Gasteiger partial charge on any atom is -0.495 e. The van der Waals surface area contributed by atoms with E-state index in [9.17, 15) is 4.79 Å². The molecule has 126 valence electrons. The molecule has 3 rings (SSSR count). The molecule has 2 aromatic rings. The summed E-state index contributed by atoms with van der Waals surface area (Å²) in [5.41, 5.74) is 2.04. The summed E-state index contributed by atoms with van der Waals surface area (Å²) in [7, 11) is 1.58. The number of anilines is 1. The molecule has 0 radical (unpaired) electrons. The smallest absolute Gasteiger partial charge is 0.270 e. The van der Waals surface area contributed by atoms with Crippen molar-refractivity contribution in [3.05, 3.63) is 48.0 Å². The largest absolute Gasteiger partial charge is 0.495 e. The maximum absolute atomic E-state index is 12.4. The molecule has 0 aromatic carbocycles. The fourth-order valence-corrected chi connectivity index (χ4v) is 2.56. The number of morpholine rings is 1. The Labute approximate surface area is 140 Å². The summed E-state index contributed by atoms with van der Waals surface area (Å²) >= 11 is 0. The summed E-state index contributed by atoms with van der Waals surface area (Å²) in [5.74, 6) is 0.408. The van der Waals surface area contributed by atoms with Crippen LogP contribution in [0.4, 0.5) is 5.69 Å². The molecule has 0 unspecified atom stereocenters. The van der Waals surface area contributed by atoms with Crippen LogP contribution in [0.25, 0.3) is 0 Å².